The third-order valence-corrected chi connectivity index (χ3v) is 1.90. The summed E-state index contributed by atoms with van der Waals surface area (Å²) in [6.07, 6.45) is -0.689. The monoisotopic (exact) mass is 219 g/mol. The molecule has 0 fully saturated rings. The Bertz CT molecular complexity index is 223. The Morgan fingerprint density at radius 1 is 1.47 bits per heavy atom. The van der Waals surface area contributed by atoms with E-state index in [0.717, 1.165) is 0 Å². The summed E-state index contributed by atoms with van der Waals surface area (Å²) in [4.78, 5) is 21.7. The molecule has 0 radical (unpaired) electrons. The molecule has 1 amide bonds. The fourth-order valence-electron chi connectivity index (χ4n) is 0.943. The van der Waals surface area contributed by atoms with Gasteiger partial charge >= 0.3 is 0 Å². The molecule has 0 aliphatic heterocycles. The van der Waals surface area contributed by atoms with E-state index in [-0.39, 0.29) is 25.2 Å². The third-order valence-electron chi connectivity index (χ3n) is 1.90. The molecule has 15 heavy (non-hydrogen) atoms. The van der Waals surface area contributed by atoms with Crippen molar-refractivity contribution in [3.8, 4) is 0 Å². The number of hydrogen-bond acceptors (Lipinski definition) is 4. The molecule has 0 aromatic heterocycles. The third kappa shape index (κ3) is 6.14. The van der Waals surface area contributed by atoms with Gasteiger partial charge in [0.2, 0.25) is 5.91 Å². The minimum absolute atomic E-state index is 0.0386. The summed E-state index contributed by atoms with van der Waals surface area (Å²) in [6, 6.07) is -0.770. The maximum Gasteiger partial charge on any atom is 0.246 e. The molecule has 0 saturated heterocycles. The van der Waals surface area contributed by atoms with E-state index in [4.69, 9.17) is 16.2 Å². The molecule has 2 atom stereocenters. The molecular formula is C9H17FN2O3. The summed E-state index contributed by atoms with van der Waals surface area (Å²) >= 11 is 0. The fourth-order valence-corrected chi connectivity index (χ4v) is 0.943. The van der Waals surface area contributed by atoms with Crippen LogP contribution in [0.25, 0.3) is 0 Å². The topological polar surface area (TPSA) is 95.4 Å². The van der Waals surface area contributed by atoms with Crippen molar-refractivity contribution in [1.82, 2.24) is 0 Å². The van der Waals surface area contributed by atoms with Gasteiger partial charge in [-0.25, -0.2) is 0 Å². The van der Waals surface area contributed by atoms with Gasteiger partial charge in [0.05, 0.1) is 19.3 Å². The van der Waals surface area contributed by atoms with Crippen LogP contribution in [0.15, 0.2) is 0 Å². The van der Waals surface area contributed by atoms with Crippen LogP contribution in [0.3, 0.4) is 0 Å². The summed E-state index contributed by atoms with van der Waals surface area (Å²) in [7, 11) is 0. The van der Waals surface area contributed by atoms with Crippen molar-refractivity contribution in [3.05, 3.63) is 0 Å². The van der Waals surface area contributed by atoms with E-state index in [1.165, 1.54) is 6.92 Å². The molecule has 0 aromatic carbocycles. The van der Waals surface area contributed by atoms with Crippen LogP contribution in [0, 0.1) is 0 Å². The molecule has 0 spiro atoms. The summed E-state index contributed by atoms with van der Waals surface area (Å²) in [6.45, 7) is 0.892. The predicted molar refractivity (Wildman–Crippen MR) is 52.8 cm³/mol. The molecule has 2 unspecified atom stereocenters. The quantitative estimate of drug-likeness (QED) is 0.539. The normalized spacial score (nSPS) is 14.6. The van der Waals surface area contributed by atoms with Crippen LogP contribution in [0.2, 0.25) is 0 Å². The number of Topliss-reactive ketones (excluding diaryl/α,β-unsaturated/α-hetero) is 1. The number of alkyl halides is 1. The highest BCUT2D eigenvalue weighted by Crippen LogP contribution is 2.03. The molecule has 6 heteroatoms. The van der Waals surface area contributed by atoms with Gasteiger partial charge in [-0.15, -0.1) is 0 Å². The molecule has 0 rings (SSSR count). The second-order valence-corrected chi connectivity index (χ2v) is 3.26. The first kappa shape index (κ1) is 14.0. The highest BCUT2D eigenvalue weighted by molar-refractivity contribution is 5.83. The Labute approximate surface area is 87.9 Å². The predicted octanol–water partition coefficient (Wildman–Crippen LogP) is -0.477. The zero-order valence-electron chi connectivity index (χ0n) is 8.74. The lowest BCUT2D eigenvalue weighted by atomic mass is 10.1. The first-order valence-corrected chi connectivity index (χ1v) is 4.72. The number of amides is 1. The maximum absolute atomic E-state index is 11.8. The van der Waals surface area contributed by atoms with E-state index in [0.29, 0.717) is 0 Å². The second-order valence-electron chi connectivity index (χ2n) is 3.26. The van der Waals surface area contributed by atoms with Gasteiger partial charge in [-0.2, -0.15) is 0 Å². The molecular weight excluding hydrogens is 202 g/mol. The van der Waals surface area contributed by atoms with E-state index in [1.54, 1.807) is 0 Å². The Hall–Kier alpha value is -1.01. The first-order chi connectivity index (χ1) is 6.99. The fraction of sp³-hybridized carbons (Fsp3) is 0.778. The Balaban J connectivity index is 4.04. The standard InChI is InChI=1S/C9H17FN2O3/c1-6(13)7(11)5-8(9(12)14)15-4-2-3-10/h7-8H,2-5,11H2,1H3,(H2,12,14)/i10-1. The highest BCUT2D eigenvalue weighted by atomic mass is 18.2. The number of carbonyl (C=O) groups is 2. The summed E-state index contributed by atoms with van der Waals surface area (Å²) in [5.74, 6) is -0.930. The van der Waals surface area contributed by atoms with Gasteiger partial charge in [0.25, 0.3) is 0 Å². The van der Waals surface area contributed by atoms with E-state index in [1.807, 2.05) is 0 Å². The van der Waals surface area contributed by atoms with E-state index in [9.17, 15) is 14.0 Å². The number of ether oxygens (including phenoxy) is 1. The number of nitrogens with two attached hydrogens (primary N) is 2. The van der Waals surface area contributed by atoms with Crippen molar-refractivity contribution in [2.75, 3.05) is 13.3 Å². The molecule has 88 valence electrons. The summed E-state index contributed by atoms with van der Waals surface area (Å²) in [5.41, 5.74) is 10.5. The summed E-state index contributed by atoms with van der Waals surface area (Å²) < 4.78 is 16.8. The number of halogens is 1. The Morgan fingerprint density at radius 3 is 2.47 bits per heavy atom. The van der Waals surface area contributed by atoms with Gasteiger partial charge in [0, 0.05) is 6.42 Å². The maximum atomic E-state index is 11.8. The minimum atomic E-state index is -0.921. The summed E-state index contributed by atoms with van der Waals surface area (Å²) in [5, 5.41) is 0. The van der Waals surface area contributed by atoms with Crippen LogP contribution in [-0.2, 0) is 14.3 Å². The lowest BCUT2D eigenvalue weighted by molar-refractivity contribution is -0.131. The van der Waals surface area contributed by atoms with Crippen molar-refractivity contribution in [3.63, 3.8) is 0 Å². The van der Waals surface area contributed by atoms with Crippen molar-refractivity contribution in [1.29, 1.82) is 0 Å². The van der Waals surface area contributed by atoms with Crippen molar-refractivity contribution in [2.45, 2.75) is 31.9 Å². The lowest BCUT2D eigenvalue weighted by Crippen LogP contribution is -2.40. The number of primary amides is 1. The van der Waals surface area contributed by atoms with Gasteiger partial charge < -0.3 is 16.2 Å². The molecule has 0 heterocycles. The zero-order valence-corrected chi connectivity index (χ0v) is 8.74. The number of rotatable bonds is 8. The second kappa shape index (κ2) is 7.30. The molecule has 0 aliphatic rings. The first-order valence-electron chi connectivity index (χ1n) is 4.72. The van der Waals surface area contributed by atoms with Crippen LogP contribution in [0.4, 0.5) is 4.39 Å². The molecule has 0 aromatic rings. The zero-order chi connectivity index (χ0) is 11.8. The van der Waals surface area contributed by atoms with Crippen LogP contribution in [0.1, 0.15) is 19.8 Å². The number of hydrogen-bond donors (Lipinski definition) is 2. The number of carbonyl (C=O) groups excluding carboxylic acids is 2. The van der Waals surface area contributed by atoms with Crippen molar-refractivity contribution >= 4 is 11.7 Å². The molecule has 0 bridgehead atoms. The molecule has 0 saturated carbocycles. The van der Waals surface area contributed by atoms with Gasteiger partial charge in [-0.1, -0.05) is 0 Å². The van der Waals surface area contributed by atoms with E-state index in [2.05, 4.69) is 0 Å². The average Bonchev–Trinajstić information content (AvgIpc) is 2.15. The SMILES string of the molecule is CC(=O)C(N)CC(OCCC[18F])C(N)=O. The van der Waals surface area contributed by atoms with Crippen LogP contribution in [-0.4, -0.2) is 37.1 Å². The molecule has 0 aliphatic carbocycles. The Morgan fingerprint density at radius 2 is 2.07 bits per heavy atom. The van der Waals surface area contributed by atoms with Gasteiger partial charge in [0.1, 0.15) is 11.9 Å². The van der Waals surface area contributed by atoms with E-state index < -0.39 is 24.7 Å². The lowest BCUT2D eigenvalue weighted by Gasteiger charge is -2.16. The minimum Gasteiger partial charge on any atom is -0.368 e. The van der Waals surface area contributed by atoms with Crippen LogP contribution in [0.5, 0.6) is 0 Å². The van der Waals surface area contributed by atoms with Crippen molar-refractivity contribution in [2.24, 2.45) is 11.5 Å². The smallest absolute Gasteiger partial charge is 0.246 e. The Kier molecular flexibility index (Phi) is 6.81. The largest absolute Gasteiger partial charge is 0.368 e. The van der Waals surface area contributed by atoms with Crippen LogP contribution < -0.4 is 11.5 Å². The van der Waals surface area contributed by atoms with Gasteiger partial charge in [-0.3, -0.25) is 14.0 Å². The van der Waals surface area contributed by atoms with Crippen LogP contribution >= 0.6 is 0 Å². The highest BCUT2D eigenvalue weighted by Gasteiger charge is 2.21. The van der Waals surface area contributed by atoms with Crippen molar-refractivity contribution < 1.29 is 18.7 Å². The molecule has 5 nitrogen and oxygen atoms in total. The average molecular weight is 219 g/mol. The molecule has 4 N–H and O–H groups in total. The van der Waals surface area contributed by atoms with Gasteiger partial charge in [0.15, 0.2) is 0 Å². The van der Waals surface area contributed by atoms with Gasteiger partial charge in [-0.05, 0) is 13.3 Å². The van der Waals surface area contributed by atoms with E-state index >= 15 is 0 Å². The number of ketones is 1.